The summed E-state index contributed by atoms with van der Waals surface area (Å²) in [4.78, 5) is 10.8. The Morgan fingerprint density at radius 1 is 1.69 bits per heavy atom. The third-order valence-corrected chi connectivity index (χ3v) is 2.31. The van der Waals surface area contributed by atoms with Crippen molar-refractivity contribution in [2.24, 2.45) is 5.92 Å². The van der Waals surface area contributed by atoms with Crippen LogP contribution in [-0.2, 0) is 9.47 Å². The van der Waals surface area contributed by atoms with E-state index in [1.165, 1.54) is 7.11 Å². The number of hydrogen-bond donors (Lipinski definition) is 1. The lowest BCUT2D eigenvalue weighted by Gasteiger charge is -2.27. The van der Waals surface area contributed by atoms with Crippen LogP contribution in [0.15, 0.2) is 0 Å². The molecule has 1 saturated heterocycles. The summed E-state index contributed by atoms with van der Waals surface area (Å²) >= 11 is 0. The monoisotopic (exact) mass is 187 g/mol. The molecule has 1 fully saturated rings. The molecule has 0 saturated carbocycles. The minimum atomic E-state index is -0.348. The van der Waals surface area contributed by atoms with Gasteiger partial charge >= 0.3 is 6.09 Å². The van der Waals surface area contributed by atoms with Gasteiger partial charge in [-0.15, -0.1) is 0 Å². The Hall–Kier alpha value is -0.770. The lowest BCUT2D eigenvalue weighted by atomic mass is 9.96. The zero-order valence-electron chi connectivity index (χ0n) is 8.21. The van der Waals surface area contributed by atoms with E-state index < -0.39 is 0 Å². The van der Waals surface area contributed by atoms with E-state index in [1.54, 1.807) is 0 Å². The minimum absolute atomic E-state index is 0.318. The van der Waals surface area contributed by atoms with Crippen LogP contribution in [0.2, 0.25) is 0 Å². The summed E-state index contributed by atoms with van der Waals surface area (Å²) in [6, 6.07) is 0. The highest BCUT2D eigenvalue weighted by atomic mass is 16.5. The Labute approximate surface area is 78.6 Å². The van der Waals surface area contributed by atoms with Crippen LogP contribution in [0.5, 0.6) is 0 Å². The fourth-order valence-corrected chi connectivity index (χ4v) is 1.58. The Balaban J connectivity index is 2.17. The number of methoxy groups -OCH3 is 1. The molecule has 1 amide bonds. The second kappa shape index (κ2) is 5.07. The molecule has 76 valence electrons. The Bertz CT molecular complexity index is 172. The zero-order valence-corrected chi connectivity index (χ0v) is 8.21. The summed E-state index contributed by atoms with van der Waals surface area (Å²) in [7, 11) is 1.38. The summed E-state index contributed by atoms with van der Waals surface area (Å²) < 4.78 is 9.88. The maximum atomic E-state index is 10.8. The van der Waals surface area contributed by atoms with Crippen molar-refractivity contribution >= 4 is 6.09 Å². The first-order valence-corrected chi connectivity index (χ1v) is 4.65. The van der Waals surface area contributed by atoms with Gasteiger partial charge in [-0.2, -0.15) is 0 Å². The quantitative estimate of drug-likeness (QED) is 0.705. The SMILES string of the molecule is COC(=O)NCC1CCOC(C)C1. The van der Waals surface area contributed by atoms with Gasteiger partial charge in [0.2, 0.25) is 0 Å². The average molecular weight is 187 g/mol. The number of hydrogen-bond acceptors (Lipinski definition) is 3. The van der Waals surface area contributed by atoms with Crippen molar-refractivity contribution in [3.05, 3.63) is 0 Å². The van der Waals surface area contributed by atoms with E-state index in [0.29, 0.717) is 18.6 Å². The molecule has 0 spiro atoms. The predicted molar refractivity (Wildman–Crippen MR) is 48.5 cm³/mol. The molecule has 1 N–H and O–H groups in total. The number of ether oxygens (including phenoxy) is 2. The molecule has 1 aliphatic heterocycles. The molecule has 13 heavy (non-hydrogen) atoms. The molecule has 0 aliphatic carbocycles. The third-order valence-electron chi connectivity index (χ3n) is 2.31. The van der Waals surface area contributed by atoms with Gasteiger partial charge in [0.15, 0.2) is 0 Å². The number of carbonyl (C=O) groups is 1. The number of rotatable bonds is 2. The van der Waals surface area contributed by atoms with Crippen molar-refractivity contribution in [1.29, 1.82) is 0 Å². The fourth-order valence-electron chi connectivity index (χ4n) is 1.58. The van der Waals surface area contributed by atoms with Crippen LogP contribution in [-0.4, -0.2) is 32.5 Å². The van der Waals surface area contributed by atoms with Crippen molar-refractivity contribution in [2.45, 2.75) is 25.9 Å². The lowest BCUT2D eigenvalue weighted by molar-refractivity contribution is 0.00298. The fraction of sp³-hybridized carbons (Fsp3) is 0.889. The summed E-state index contributed by atoms with van der Waals surface area (Å²) in [5.74, 6) is 0.530. The summed E-state index contributed by atoms with van der Waals surface area (Å²) in [5, 5.41) is 2.71. The van der Waals surface area contributed by atoms with Gasteiger partial charge in [0.1, 0.15) is 0 Å². The molecule has 0 aromatic carbocycles. The van der Waals surface area contributed by atoms with Gasteiger partial charge in [0.05, 0.1) is 13.2 Å². The topological polar surface area (TPSA) is 47.6 Å². The normalized spacial score (nSPS) is 28.2. The first-order valence-electron chi connectivity index (χ1n) is 4.65. The van der Waals surface area contributed by atoms with E-state index in [-0.39, 0.29) is 6.09 Å². The summed E-state index contributed by atoms with van der Waals surface area (Å²) in [6.45, 7) is 3.55. The maximum Gasteiger partial charge on any atom is 0.406 e. The maximum absolute atomic E-state index is 10.8. The zero-order chi connectivity index (χ0) is 9.68. The van der Waals surface area contributed by atoms with E-state index in [1.807, 2.05) is 0 Å². The average Bonchev–Trinajstić information content (AvgIpc) is 2.14. The molecule has 0 aromatic rings. The third kappa shape index (κ3) is 3.63. The summed E-state index contributed by atoms with van der Waals surface area (Å²) in [5.41, 5.74) is 0. The standard InChI is InChI=1S/C9H17NO3/c1-7-5-8(3-4-13-7)6-10-9(11)12-2/h7-8H,3-6H2,1-2H3,(H,10,11). The number of carbonyl (C=O) groups excluding carboxylic acids is 1. The van der Waals surface area contributed by atoms with E-state index in [0.717, 1.165) is 19.4 Å². The Kier molecular flexibility index (Phi) is 4.02. The molecule has 4 nitrogen and oxygen atoms in total. The second-order valence-corrected chi connectivity index (χ2v) is 3.44. The molecule has 0 bridgehead atoms. The largest absolute Gasteiger partial charge is 0.453 e. The predicted octanol–water partition coefficient (Wildman–Crippen LogP) is 1.16. The molecular formula is C9H17NO3. The van der Waals surface area contributed by atoms with Gasteiger partial charge in [-0.05, 0) is 25.7 Å². The molecule has 2 unspecified atom stereocenters. The molecule has 2 atom stereocenters. The van der Waals surface area contributed by atoms with Crippen LogP contribution >= 0.6 is 0 Å². The van der Waals surface area contributed by atoms with Gasteiger partial charge in [0, 0.05) is 13.2 Å². The Morgan fingerprint density at radius 2 is 2.46 bits per heavy atom. The van der Waals surface area contributed by atoms with E-state index in [4.69, 9.17) is 4.74 Å². The lowest BCUT2D eigenvalue weighted by Crippen LogP contribution is -2.34. The highest BCUT2D eigenvalue weighted by Crippen LogP contribution is 2.18. The number of alkyl carbamates (subject to hydrolysis) is 1. The van der Waals surface area contributed by atoms with Gasteiger partial charge in [-0.1, -0.05) is 0 Å². The molecule has 4 heteroatoms. The van der Waals surface area contributed by atoms with Crippen molar-refractivity contribution < 1.29 is 14.3 Å². The molecule has 1 rings (SSSR count). The smallest absolute Gasteiger partial charge is 0.406 e. The van der Waals surface area contributed by atoms with Crippen molar-refractivity contribution in [3.8, 4) is 0 Å². The minimum Gasteiger partial charge on any atom is -0.453 e. The van der Waals surface area contributed by atoms with Crippen molar-refractivity contribution in [1.82, 2.24) is 5.32 Å². The first-order chi connectivity index (χ1) is 6.22. The van der Waals surface area contributed by atoms with Crippen LogP contribution in [0.25, 0.3) is 0 Å². The summed E-state index contributed by atoms with van der Waals surface area (Å²) in [6.07, 6.45) is 2.01. The van der Waals surface area contributed by atoms with Gasteiger partial charge in [0.25, 0.3) is 0 Å². The number of nitrogens with one attached hydrogen (secondary N) is 1. The van der Waals surface area contributed by atoms with Crippen molar-refractivity contribution in [3.63, 3.8) is 0 Å². The molecule has 1 aliphatic rings. The van der Waals surface area contributed by atoms with E-state index in [9.17, 15) is 4.79 Å². The van der Waals surface area contributed by atoms with Crippen LogP contribution in [0.3, 0.4) is 0 Å². The highest BCUT2D eigenvalue weighted by molar-refractivity contribution is 5.66. The van der Waals surface area contributed by atoms with Crippen LogP contribution in [0, 0.1) is 5.92 Å². The molecule has 0 radical (unpaired) electrons. The van der Waals surface area contributed by atoms with Crippen LogP contribution in [0.4, 0.5) is 4.79 Å². The van der Waals surface area contributed by atoms with Crippen LogP contribution < -0.4 is 5.32 Å². The van der Waals surface area contributed by atoms with Gasteiger partial charge < -0.3 is 14.8 Å². The van der Waals surface area contributed by atoms with E-state index >= 15 is 0 Å². The van der Waals surface area contributed by atoms with Gasteiger partial charge in [-0.25, -0.2) is 4.79 Å². The van der Waals surface area contributed by atoms with Crippen LogP contribution in [0.1, 0.15) is 19.8 Å². The second-order valence-electron chi connectivity index (χ2n) is 3.44. The molecule has 0 aromatic heterocycles. The highest BCUT2D eigenvalue weighted by Gasteiger charge is 2.19. The number of amides is 1. The molecule has 1 heterocycles. The van der Waals surface area contributed by atoms with E-state index in [2.05, 4.69) is 17.0 Å². The van der Waals surface area contributed by atoms with Gasteiger partial charge in [-0.3, -0.25) is 0 Å². The molecular weight excluding hydrogens is 170 g/mol. The first kappa shape index (κ1) is 10.3. The van der Waals surface area contributed by atoms with Crippen molar-refractivity contribution in [2.75, 3.05) is 20.3 Å². The Morgan fingerprint density at radius 3 is 3.08 bits per heavy atom.